The quantitative estimate of drug-likeness (QED) is 0.661. The zero-order chi connectivity index (χ0) is 9.19. The highest BCUT2D eigenvalue weighted by molar-refractivity contribution is 7.94. The highest BCUT2D eigenvalue weighted by Gasteiger charge is 2.13. The SMILES string of the molecule is CCC1=CC=C(S(C)(=O)=O)CC1. The first-order valence-corrected chi connectivity index (χ1v) is 6.02. The molecule has 3 heteroatoms. The van der Waals surface area contributed by atoms with Crippen LogP contribution >= 0.6 is 0 Å². The summed E-state index contributed by atoms with van der Waals surface area (Å²) in [4.78, 5) is 0.569. The summed E-state index contributed by atoms with van der Waals surface area (Å²) < 4.78 is 22.2. The van der Waals surface area contributed by atoms with Crippen LogP contribution in [0.3, 0.4) is 0 Å². The third-order valence-electron chi connectivity index (χ3n) is 2.13. The first kappa shape index (κ1) is 9.52. The number of rotatable bonds is 2. The van der Waals surface area contributed by atoms with E-state index in [4.69, 9.17) is 0 Å². The van der Waals surface area contributed by atoms with E-state index in [0.29, 0.717) is 11.3 Å². The van der Waals surface area contributed by atoms with Gasteiger partial charge in [0, 0.05) is 11.2 Å². The molecule has 0 aliphatic heterocycles. The van der Waals surface area contributed by atoms with Crippen LogP contribution in [-0.2, 0) is 9.84 Å². The van der Waals surface area contributed by atoms with Crippen molar-refractivity contribution in [3.8, 4) is 0 Å². The van der Waals surface area contributed by atoms with Crippen LogP contribution in [0.15, 0.2) is 22.6 Å². The molecule has 2 nitrogen and oxygen atoms in total. The molecule has 0 aromatic carbocycles. The van der Waals surface area contributed by atoms with E-state index in [2.05, 4.69) is 6.92 Å². The molecule has 0 saturated carbocycles. The maximum absolute atomic E-state index is 11.1. The molecule has 1 aliphatic carbocycles. The standard InChI is InChI=1S/C9H14O2S/c1-3-8-4-6-9(7-5-8)12(2,10)11/h4,6H,3,5,7H2,1-2H3. The van der Waals surface area contributed by atoms with Gasteiger partial charge in [0.05, 0.1) is 0 Å². The predicted octanol–water partition coefficient (Wildman–Crippen LogP) is 2.05. The monoisotopic (exact) mass is 186 g/mol. The predicted molar refractivity (Wildman–Crippen MR) is 50.5 cm³/mol. The summed E-state index contributed by atoms with van der Waals surface area (Å²) in [5, 5.41) is 0. The molecular weight excluding hydrogens is 172 g/mol. The van der Waals surface area contributed by atoms with Gasteiger partial charge in [0.15, 0.2) is 9.84 Å². The lowest BCUT2D eigenvalue weighted by molar-refractivity contribution is 0.605. The second-order valence-electron chi connectivity index (χ2n) is 3.08. The fourth-order valence-electron chi connectivity index (χ4n) is 1.26. The summed E-state index contributed by atoms with van der Waals surface area (Å²) in [6.07, 6.45) is 7.53. The fraction of sp³-hybridized carbons (Fsp3) is 0.556. The summed E-state index contributed by atoms with van der Waals surface area (Å²) in [5.41, 5.74) is 1.34. The molecule has 1 aliphatic rings. The molecule has 12 heavy (non-hydrogen) atoms. The molecule has 0 amide bonds. The van der Waals surface area contributed by atoms with Crippen molar-refractivity contribution in [2.45, 2.75) is 26.2 Å². The molecule has 0 bridgehead atoms. The Morgan fingerprint density at radius 3 is 2.33 bits per heavy atom. The highest BCUT2D eigenvalue weighted by atomic mass is 32.2. The summed E-state index contributed by atoms with van der Waals surface area (Å²) in [5.74, 6) is 0. The minimum Gasteiger partial charge on any atom is -0.224 e. The Morgan fingerprint density at radius 2 is 2.00 bits per heavy atom. The number of allylic oxidation sites excluding steroid dienone is 4. The zero-order valence-electron chi connectivity index (χ0n) is 7.50. The van der Waals surface area contributed by atoms with Gasteiger partial charge in [-0.3, -0.25) is 0 Å². The summed E-state index contributed by atoms with van der Waals surface area (Å²) in [6.45, 7) is 2.09. The van der Waals surface area contributed by atoms with Crippen molar-refractivity contribution in [3.63, 3.8) is 0 Å². The Kier molecular flexibility index (Phi) is 2.73. The third-order valence-corrected chi connectivity index (χ3v) is 3.42. The molecule has 1 rings (SSSR count). The fourth-order valence-corrected chi connectivity index (χ4v) is 2.05. The zero-order valence-corrected chi connectivity index (χ0v) is 8.32. The molecule has 0 heterocycles. The van der Waals surface area contributed by atoms with E-state index in [9.17, 15) is 8.42 Å². The molecule has 68 valence electrons. The lowest BCUT2D eigenvalue weighted by Gasteiger charge is -2.11. The summed E-state index contributed by atoms with van der Waals surface area (Å²) >= 11 is 0. The van der Waals surface area contributed by atoms with Crippen molar-refractivity contribution in [2.75, 3.05) is 6.26 Å². The average molecular weight is 186 g/mol. The molecule has 0 unspecified atom stereocenters. The molecule has 0 aromatic heterocycles. The smallest absolute Gasteiger partial charge is 0.171 e. The van der Waals surface area contributed by atoms with Crippen LogP contribution in [0, 0.1) is 0 Å². The Labute approximate surface area is 73.9 Å². The normalized spacial score (nSPS) is 18.5. The van der Waals surface area contributed by atoms with E-state index in [1.54, 1.807) is 6.08 Å². The van der Waals surface area contributed by atoms with Gasteiger partial charge >= 0.3 is 0 Å². The van der Waals surface area contributed by atoms with Gasteiger partial charge < -0.3 is 0 Å². The van der Waals surface area contributed by atoms with Crippen molar-refractivity contribution >= 4 is 9.84 Å². The van der Waals surface area contributed by atoms with E-state index >= 15 is 0 Å². The molecule has 0 fully saturated rings. The van der Waals surface area contributed by atoms with E-state index in [1.807, 2.05) is 6.08 Å². The number of hydrogen-bond donors (Lipinski definition) is 0. The average Bonchev–Trinajstić information content (AvgIpc) is 2.03. The van der Waals surface area contributed by atoms with Crippen molar-refractivity contribution in [1.82, 2.24) is 0 Å². The lowest BCUT2D eigenvalue weighted by Crippen LogP contribution is -2.04. The van der Waals surface area contributed by atoms with Crippen LogP contribution < -0.4 is 0 Å². The number of sulfone groups is 1. The van der Waals surface area contributed by atoms with Crippen molar-refractivity contribution in [2.24, 2.45) is 0 Å². The van der Waals surface area contributed by atoms with Gasteiger partial charge in [-0.05, 0) is 25.3 Å². The van der Waals surface area contributed by atoms with Gasteiger partial charge in [0.1, 0.15) is 0 Å². The topological polar surface area (TPSA) is 34.1 Å². The summed E-state index contributed by atoms with van der Waals surface area (Å²) in [6, 6.07) is 0. The van der Waals surface area contributed by atoms with Gasteiger partial charge in [-0.15, -0.1) is 0 Å². The van der Waals surface area contributed by atoms with Crippen LogP contribution in [0.1, 0.15) is 26.2 Å². The third kappa shape index (κ3) is 2.21. The number of hydrogen-bond acceptors (Lipinski definition) is 2. The molecule has 0 saturated heterocycles. The molecule has 0 aromatic rings. The van der Waals surface area contributed by atoms with Crippen LogP contribution in [0.2, 0.25) is 0 Å². The van der Waals surface area contributed by atoms with E-state index < -0.39 is 9.84 Å². The Bertz CT molecular complexity index is 320. The minimum atomic E-state index is -2.94. The largest absolute Gasteiger partial charge is 0.224 e. The maximum Gasteiger partial charge on any atom is 0.171 e. The van der Waals surface area contributed by atoms with Crippen molar-refractivity contribution in [3.05, 3.63) is 22.6 Å². The van der Waals surface area contributed by atoms with Gasteiger partial charge in [0.2, 0.25) is 0 Å². The van der Waals surface area contributed by atoms with Gasteiger partial charge in [-0.1, -0.05) is 18.6 Å². The van der Waals surface area contributed by atoms with Gasteiger partial charge in [-0.25, -0.2) is 8.42 Å². The Balaban J connectivity index is 2.88. The van der Waals surface area contributed by atoms with Crippen LogP contribution in [0.4, 0.5) is 0 Å². The van der Waals surface area contributed by atoms with Gasteiger partial charge in [0.25, 0.3) is 0 Å². The van der Waals surface area contributed by atoms with Gasteiger partial charge in [-0.2, -0.15) is 0 Å². The first-order chi connectivity index (χ1) is 5.54. The Morgan fingerprint density at radius 1 is 1.33 bits per heavy atom. The lowest BCUT2D eigenvalue weighted by atomic mass is 10.0. The van der Waals surface area contributed by atoms with Crippen LogP contribution in [0.25, 0.3) is 0 Å². The molecule has 0 N–H and O–H groups in total. The van der Waals surface area contributed by atoms with Crippen LogP contribution in [-0.4, -0.2) is 14.7 Å². The van der Waals surface area contributed by atoms with E-state index in [-0.39, 0.29) is 0 Å². The second kappa shape index (κ2) is 3.44. The van der Waals surface area contributed by atoms with Crippen molar-refractivity contribution < 1.29 is 8.42 Å². The molecule has 0 radical (unpaired) electrons. The summed E-state index contributed by atoms with van der Waals surface area (Å²) in [7, 11) is -2.94. The van der Waals surface area contributed by atoms with E-state index in [0.717, 1.165) is 12.8 Å². The highest BCUT2D eigenvalue weighted by Crippen LogP contribution is 2.23. The van der Waals surface area contributed by atoms with Crippen LogP contribution in [0.5, 0.6) is 0 Å². The molecular formula is C9H14O2S. The van der Waals surface area contributed by atoms with E-state index in [1.165, 1.54) is 11.8 Å². The Hall–Kier alpha value is -0.570. The minimum absolute atomic E-state index is 0.569. The maximum atomic E-state index is 11.1. The molecule has 0 atom stereocenters. The van der Waals surface area contributed by atoms with Crippen molar-refractivity contribution in [1.29, 1.82) is 0 Å². The second-order valence-corrected chi connectivity index (χ2v) is 5.15. The first-order valence-electron chi connectivity index (χ1n) is 4.12. The molecule has 0 spiro atoms.